The summed E-state index contributed by atoms with van der Waals surface area (Å²) in [7, 11) is 0. The Morgan fingerprint density at radius 1 is 1.22 bits per heavy atom. The Bertz CT molecular complexity index is 1100. The molecular formula is C24H27N3O3S2. The molecule has 1 aliphatic rings. The highest BCUT2D eigenvalue weighted by Gasteiger charge is 2.28. The first kappa shape index (κ1) is 22.6. The summed E-state index contributed by atoms with van der Waals surface area (Å²) in [5.41, 5.74) is 3.59. The number of carbonyl (C=O) groups is 2. The first-order valence-electron chi connectivity index (χ1n) is 10.7. The molecule has 6 nitrogen and oxygen atoms in total. The van der Waals surface area contributed by atoms with Gasteiger partial charge in [-0.15, -0.1) is 22.7 Å². The van der Waals surface area contributed by atoms with Crippen molar-refractivity contribution < 1.29 is 14.3 Å². The van der Waals surface area contributed by atoms with Crippen LogP contribution in [0.15, 0.2) is 35.7 Å². The molecule has 0 radical (unpaired) electrons. The number of aromatic nitrogens is 1. The van der Waals surface area contributed by atoms with E-state index in [1.165, 1.54) is 11.3 Å². The van der Waals surface area contributed by atoms with Crippen LogP contribution >= 0.6 is 22.7 Å². The highest BCUT2D eigenvalue weighted by atomic mass is 32.1. The fourth-order valence-corrected chi connectivity index (χ4v) is 5.58. The summed E-state index contributed by atoms with van der Waals surface area (Å²) in [6.45, 7) is 6.90. The van der Waals surface area contributed by atoms with E-state index in [4.69, 9.17) is 4.74 Å². The number of thiophene rings is 1. The van der Waals surface area contributed by atoms with Gasteiger partial charge in [-0.3, -0.25) is 9.59 Å². The van der Waals surface area contributed by atoms with Gasteiger partial charge in [0.05, 0.1) is 16.7 Å². The second-order valence-electron chi connectivity index (χ2n) is 8.03. The number of benzene rings is 1. The largest absolute Gasteiger partial charge is 0.376 e. The first-order chi connectivity index (χ1) is 15.4. The summed E-state index contributed by atoms with van der Waals surface area (Å²) in [5, 5.41) is 5.80. The van der Waals surface area contributed by atoms with E-state index in [2.05, 4.69) is 10.3 Å². The van der Waals surface area contributed by atoms with Crippen LogP contribution in [0.25, 0.3) is 9.88 Å². The standard InChI is InChI=1S/C24H27N3O3S2/c1-15-7-4-9-19(16(15)2)26-21(28)14-27(13-18-8-5-11-30-18)24(29)22-17(3)25-23(32-22)20-10-6-12-31-20/h4,6-7,9-10,12,18H,5,8,11,13-14H2,1-3H3,(H,26,28). The topological polar surface area (TPSA) is 71.5 Å². The van der Waals surface area contributed by atoms with Crippen molar-refractivity contribution in [3.8, 4) is 9.88 Å². The molecule has 0 spiro atoms. The number of hydrogen-bond acceptors (Lipinski definition) is 6. The van der Waals surface area contributed by atoms with Crippen molar-refractivity contribution >= 4 is 40.2 Å². The lowest BCUT2D eigenvalue weighted by Gasteiger charge is -2.25. The minimum Gasteiger partial charge on any atom is -0.376 e. The van der Waals surface area contributed by atoms with Gasteiger partial charge in [-0.2, -0.15) is 0 Å². The van der Waals surface area contributed by atoms with Gasteiger partial charge >= 0.3 is 0 Å². The SMILES string of the molecule is Cc1cccc(NC(=O)CN(CC2CCCO2)C(=O)c2sc(-c3cccs3)nc2C)c1C. The Morgan fingerprint density at radius 3 is 2.78 bits per heavy atom. The van der Waals surface area contributed by atoms with E-state index in [1.807, 2.05) is 56.5 Å². The summed E-state index contributed by atoms with van der Waals surface area (Å²) >= 11 is 2.98. The predicted octanol–water partition coefficient (Wildman–Crippen LogP) is 5.06. The third-order valence-corrected chi connectivity index (χ3v) is 7.86. The van der Waals surface area contributed by atoms with Crippen molar-refractivity contribution in [2.45, 2.75) is 39.7 Å². The van der Waals surface area contributed by atoms with E-state index in [0.29, 0.717) is 23.7 Å². The summed E-state index contributed by atoms with van der Waals surface area (Å²) in [6, 6.07) is 9.78. The van der Waals surface area contributed by atoms with Gasteiger partial charge in [0.25, 0.3) is 5.91 Å². The Hall–Kier alpha value is -2.55. The molecule has 8 heteroatoms. The highest BCUT2D eigenvalue weighted by Crippen LogP contribution is 2.32. The molecule has 32 heavy (non-hydrogen) atoms. The molecule has 1 aromatic carbocycles. The normalized spacial score (nSPS) is 15.7. The molecule has 1 N–H and O–H groups in total. The Morgan fingerprint density at radius 2 is 2.06 bits per heavy atom. The zero-order chi connectivity index (χ0) is 22.7. The average molecular weight is 470 g/mol. The van der Waals surface area contributed by atoms with E-state index >= 15 is 0 Å². The number of nitrogens with one attached hydrogen (secondary N) is 1. The van der Waals surface area contributed by atoms with Crippen molar-refractivity contribution in [1.82, 2.24) is 9.88 Å². The van der Waals surface area contributed by atoms with Crippen LogP contribution in [0.3, 0.4) is 0 Å². The highest BCUT2D eigenvalue weighted by molar-refractivity contribution is 7.22. The Balaban J connectivity index is 1.54. The second-order valence-corrected chi connectivity index (χ2v) is 9.97. The number of amides is 2. The Labute approximate surface area is 196 Å². The van der Waals surface area contributed by atoms with Crippen LogP contribution in [0.2, 0.25) is 0 Å². The lowest BCUT2D eigenvalue weighted by Crippen LogP contribution is -2.42. The van der Waals surface area contributed by atoms with Crippen molar-refractivity contribution in [1.29, 1.82) is 0 Å². The van der Waals surface area contributed by atoms with Crippen LogP contribution in [-0.2, 0) is 9.53 Å². The second kappa shape index (κ2) is 9.94. The lowest BCUT2D eigenvalue weighted by molar-refractivity contribution is -0.117. The molecule has 0 aliphatic carbocycles. The predicted molar refractivity (Wildman–Crippen MR) is 130 cm³/mol. The van der Waals surface area contributed by atoms with Crippen molar-refractivity contribution in [2.24, 2.45) is 0 Å². The molecule has 1 saturated heterocycles. The van der Waals surface area contributed by atoms with Crippen LogP contribution in [0, 0.1) is 20.8 Å². The molecule has 1 atom stereocenters. The maximum absolute atomic E-state index is 13.5. The van der Waals surface area contributed by atoms with E-state index in [-0.39, 0.29) is 24.5 Å². The fourth-order valence-electron chi connectivity index (χ4n) is 3.75. The third kappa shape index (κ3) is 5.09. The van der Waals surface area contributed by atoms with Crippen molar-refractivity contribution in [3.63, 3.8) is 0 Å². The van der Waals surface area contributed by atoms with Gasteiger partial charge < -0.3 is 15.0 Å². The van der Waals surface area contributed by atoms with Crippen LogP contribution in [-0.4, -0.2) is 47.5 Å². The number of thiazole rings is 1. The minimum absolute atomic E-state index is 0.0300. The molecule has 2 aromatic heterocycles. The van der Waals surface area contributed by atoms with Crippen molar-refractivity contribution in [3.05, 3.63) is 57.4 Å². The molecule has 1 aliphatic heterocycles. The van der Waals surface area contributed by atoms with Gasteiger partial charge in [-0.25, -0.2) is 4.98 Å². The van der Waals surface area contributed by atoms with Gasteiger partial charge in [0, 0.05) is 18.8 Å². The zero-order valence-electron chi connectivity index (χ0n) is 18.5. The smallest absolute Gasteiger partial charge is 0.266 e. The number of carbonyl (C=O) groups excluding carboxylic acids is 2. The van der Waals surface area contributed by atoms with E-state index in [1.54, 1.807) is 16.2 Å². The number of anilines is 1. The van der Waals surface area contributed by atoms with Crippen LogP contribution < -0.4 is 5.32 Å². The van der Waals surface area contributed by atoms with Crippen molar-refractivity contribution in [2.75, 3.05) is 25.0 Å². The molecule has 2 amide bonds. The average Bonchev–Trinajstić information content (AvgIpc) is 3.52. The minimum atomic E-state index is -0.217. The molecule has 3 heterocycles. The quantitative estimate of drug-likeness (QED) is 0.525. The van der Waals surface area contributed by atoms with E-state index in [0.717, 1.165) is 39.5 Å². The Kier molecular flexibility index (Phi) is 7.03. The maximum atomic E-state index is 13.5. The van der Waals surface area contributed by atoms with Gasteiger partial charge in [0.2, 0.25) is 5.91 Å². The molecule has 1 fully saturated rings. The third-order valence-electron chi connectivity index (χ3n) is 5.67. The van der Waals surface area contributed by atoms with Gasteiger partial charge in [-0.05, 0) is 62.3 Å². The molecule has 0 saturated carbocycles. The van der Waals surface area contributed by atoms with Crippen LogP contribution in [0.1, 0.15) is 39.3 Å². The zero-order valence-corrected chi connectivity index (χ0v) is 20.1. The molecule has 3 aromatic rings. The van der Waals surface area contributed by atoms with E-state index < -0.39 is 0 Å². The summed E-state index contributed by atoms with van der Waals surface area (Å²) in [4.78, 5) is 34.3. The number of nitrogens with zero attached hydrogens (tertiary/aromatic N) is 2. The van der Waals surface area contributed by atoms with Gasteiger partial charge in [0.1, 0.15) is 16.4 Å². The van der Waals surface area contributed by atoms with Crippen LogP contribution in [0.4, 0.5) is 5.69 Å². The van der Waals surface area contributed by atoms with E-state index in [9.17, 15) is 9.59 Å². The lowest BCUT2D eigenvalue weighted by atomic mass is 10.1. The number of hydrogen-bond donors (Lipinski definition) is 1. The molecular weight excluding hydrogens is 442 g/mol. The first-order valence-corrected chi connectivity index (χ1v) is 12.4. The molecule has 168 valence electrons. The number of ether oxygens (including phenoxy) is 1. The number of rotatable bonds is 7. The molecule has 1 unspecified atom stereocenters. The summed E-state index contributed by atoms with van der Waals surface area (Å²) < 4.78 is 5.76. The monoisotopic (exact) mass is 469 g/mol. The van der Waals surface area contributed by atoms with Gasteiger partial charge in [0.15, 0.2) is 0 Å². The van der Waals surface area contributed by atoms with Crippen LogP contribution in [0.5, 0.6) is 0 Å². The fraction of sp³-hybridized carbons (Fsp3) is 0.375. The molecule has 4 rings (SSSR count). The molecule has 0 bridgehead atoms. The summed E-state index contributed by atoms with van der Waals surface area (Å²) in [6.07, 6.45) is 1.83. The van der Waals surface area contributed by atoms with Gasteiger partial charge in [-0.1, -0.05) is 18.2 Å². The number of aryl methyl sites for hydroxylation is 2. The summed E-state index contributed by atoms with van der Waals surface area (Å²) in [5.74, 6) is -0.389. The maximum Gasteiger partial charge on any atom is 0.266 e.